The van der Waals surface area contributed by atoms with Gasteiger partial charge in [-0.1, -0.05) is 12.3 Å². The number of pyridine rings is 1. The fourth-order valence-electron chi connectivity index (χ4n) is 1.18. The fourth-order valence-corrected chi connectivity index (χ4v) is 1.18. The topological polar surface area (TPSA) is 111 Å². The first kappa shape index (κ1) is 10.8. The van der Waals surface area contributed by atoms with E-state index in [1.165, 1.54) is 6.07 Å². The van der Waals surface area contributed by atoms with E-state index in [-0.39, 0.29) is 17.1 Å². The Morgan fingerprint density at radius 1 is 1.47 bits per heavy atom. The monoisotopic (exact) mass is 212 g/mol. The van der Waals surface area contributed by atoms with Crippen LogP contribution in [0.5, 0.6) is 0 Å². The van der Waals surface area contributed by atoms with Crippen molar-refractivity contribution in [2.45, 2.75) is 13.3 Å². The summed E-state index contributed by atoms with van der Waals surface area (Å²) in [5.74, 6) is -0.0864. The Balaban J connectivity index is 3.21. The number of anilines is 1. The van der Waals surface area contributed by atoms with Crippen LogP contribution in [0, 0.1) is 20.2 Å². The molecule has 1 N–H and O–H groups in total. The Bertz CT molecular complexity index is 406. The van der Waals surface area contributed by atoms with Crippen molar-refractivity contribution < 1.29 is 9.96 Å². The molecule has 0 radical (unpaired) electrons. The van der Waals surface area contributed by atoms with Crippen molar-refractivity contribution in [3.05, 3.63) is 38.1 Å². The van der Waals surface area contributed by atoms with Crippen LogP contribution in [-0.4, -0.2) is 14.9 Å². The van der Waals surface area contributed by atoms with E-state index in [2.05, 4.69) is 4.98 Å². The Morgan fingerprint density at radius 2 is 2.13 bits per heavy atom. The second-order valence-electron chi connectivity index (χ2n) is 2.64. The van der Waals surface area contributed by atoms with Crippen LogP contribution in [0.2, 0.25) is 0 Å². The van der Waals surface area contributed by atoms with Gasteiger partial charge in [-0.25, -0.2) is 15.1 Å². The molecule has 80 valence electrons. The average Bonchev–Trinajstić information content (AvgIpc) is 2.16. The van der Waals surface area contributed by atoms with Gasteiger partial charge < -0.3 is 0 Å². The second kappa shape index (κ2) is 4.31. The molecule has 0 amide bonds. The molecule has 15 heavy (non-hydrogen) atoms. The lowest BCUT2D eigenvalue weighted by molar-refractivity contribution is -0.445. The minimum Gasteiger partial charge on any atom is -0.258 e. The van der Waals surface area contributed by atoms with Crippen molar-refractivity contribution in [3.63, 3.8) is 0 Å². The highest BCUT2D eigenvalue weighted by Crippen LogP contribution is 2.24. The third kappa shape index (κ3) is 2.36. The highest BCUT2D eigenvalue weighted by molar-refractivity contribution is 5.54. The normalized spacial score (nSPS) is 9.67. The number of hydrogen-bond acceptors (Lipinski definition) is 5. The van der Waals surface area contributed by atoms with Crippen LogP contribution < -0.4 is 5.43 Å². The molecule has 8 nitrogen and oxygen atoms in total. The molecule has 0 spiro atoms. The van der Waals surface area contributed by atoms with Crippen LogP contribution >= 0.6 is 0 Å². The zero-order valence-electron chi connectivity index (χ0n) is 7.84. The molecule has 1 aromatic heterocycles. The van der Waals surface area contributed by atoms with Crippen LogP contribution in [0.4, 0.5) is 11.5 Å². The number of nitrogens with one attached hydrogen (secondary N) is 1. The van der Waals surface area contributed by atoms with E-state index >= 15 is 0 Å². The van der Waals surface area contributed by atoms with Gasteiger partial charge in [0.1, 0.15) is 0 Å². The van der Waals surface area contributed by atoms with Crippen LogP contribution in [0.1, 0.15) is 12.5 Å². The van der Waals surface area contributed by atoms with E-state index in [4.69, 9.17) is 0 Å². The second-order valence-corrected chi connectivity index (χ2v) is 2.64. The van der Waals surface area contributed by atoms with Gasteiger partial charge in [0.2, 0.25) is 5.82 Å². The van der Waals surface area contributed by atoms with Crippen molar-refractivity contribution in [2.24, 2.45) is 0 Å². The largest absolute Gasteiger partial charge is 0.278 e. The molecule has 8 heteroatoms. The number of hydrogen-bond donors (Lipinski definition) is 1. The maximum absolute atomic E-state index is 10.6. The van der Waals surface area contributed by atoms with E-state index < -0.39 is 9.96 Å². The van der Waals surface area contributed by atoms with Crippen LogP contribution in [0.3, 0.4) is 0 Å². The SMILES string of the molecule is CCc1c([N+](=O)[O-])ccnc1N[N+](=O)[O-]. The average molecular weight is 212 g/mol. The maximum atomic E-state index is 10.6. The zero-order chi connectivity index (χ0) is 11.4. The molecule has 0 saturated carbocycles. The molecule has 0 fully saturated rings. The zero-order valence-corrected chi connectivity index (χ0v) is 7.84. The van der Waals surface area contributed by atoms with E-state index in [0.29, 0.717) is 6.42 Å². The van der Waals surface area contributed by atoms with Crippen LogP contribution in [0.15, 0.2) is 12.3 Å². The van der Waals surface area contributed by atoms with Gasteiger partial charge in [-0.2, -0.15) is 0 Å². The Labute approximate surface area is 84.2 Å². The third-order valence-corrected chi connectivity index (χ3v) is 1.78. The van der Waals surface area contributed by atoms with Crippen molar-refractivity contribution in [1.29, 1.82) is 0 Å². The Morgan fingerprint density at radius 3 is 2.60 bits per heavy atom. The maximum Gasteiger partial charge on any atom is 0.278 e. The van der Waals surface area contributed by atoms with Gasteiger partial charge in [-0.15, -0.1) is 0 Å². The van der Waals surface area contributed by atoms with E-state index in [9.17, 15) is 20.2 Å². The van der Waals surface area contributed by atoms with Gasteiger partial charge in [0.25, 0.3) is 5.69 Å². The number of rotatable bonds is 4. The lowest BCUT2D eigenvalue weighted by Crippen LogP contribution is -2.12. The summed E-state index contributed by atoms with van der Waals surface area (Å²) in [4.78, 5) is 23.9. The van der Waals surface area contributed by atoms with E-state index in [1.54, 1.807) is 6.92 Å². The van der Waals surface area contributed by atoms with Crippen molar-refractivity contribution in [3.8, 4) is 0 Å². The highest BCUT2D eigenvalue weighted by Gasteiger charge is 2.19. The van der Waals surface area contributed by atoms with Gasteiger partial charge in [0.05, 0.1) is 10.5 Å². The molecule has 0 aliphatic rings. The summed E-state index contributed by atoms with van der Waals surface area (Å²) >= 11 is 0. The quantitative estimate of drug-likeness (QED) is 0.591. The molecule has 0 unspecified atom stereocenters. The summed E-state index contributed by atoms with van der Waals surface area (Å²) < 4.78 is 0. The van der Waals surface area contributed by atoms with Gasteiger partial charge in [0, 0.05) is 12.3 Å². The Hall–Kier alpha value is -2.25. The van der Waals surface area contributed by atoms with Gasteiger partial charge in [-0.3, -0.25) is 10.1 Å². The molecule has 1 rings (SSSR count). The summed E-state index contributed by atoms with van der Waals surface area (Å²) in [6.45, 7) is 1.66. The van der Waals surface area contributed by atoms with Crippen molar-refractivity contribution in [2.75, 3.05) is 5.43 Å². The summed E-state index contributed by atoms with van der Waals surface area (Å²) in [6, 6.07) is 1.21. The highest BCUT2D eigenvalue weighted by atomic mass is 16.7. The van der Waals surface area contributed by atoms with Gasteiger partial charge in [-0.05, 0) is 6.42 Å². The minimum atomic E-state index is -0.800. The molecule has 0 atom stereocenters. The van der Waals surface area contributed by atoms with E-state index in [0.717, 1.165) is 6.20 Å². The number of nitro groups is 2. The molecule has 0 aliphatic heterocycles. The number of hydrazine groups is 1. The Kier molecular flexibility index (Phi) is 3.11. The first-order valence-electron chi connectivity index (χ1n) is 4.09. The summed E-state index contributed by atoms with van der Waals surface area (Å²) in [6.07, 6.45) is 1.45. The first-order valence-corrected chi connectivity index (χ1v) is 4.09. The standard InChI is InChI=1S/C7H8N4O4/c1-2-5-6(10(12)13)3-4-8-7(5)9-11(14)15/h3-4H,2H2,1H3,(H,8,9). The smallest absolute Gasteiger partial charge is 0.258 e. The molecule has 0 aliphatic carbocycles. The van der Waals surface area contributed by atoms with Crippen molar-refractivity contribution >= 4 is 11.5 Å². The predicted molar refractivity (Wildman–Crippen MR) is 50.9 cm³/mol. The molecule has 0 bridgehead atoms. The predicted octanol–water partition coefficient (Wildman–Crippen LogP) is 1.16. The summed E-state index contributed by atoms with van der Waals surface area (Å²) in [5.41, 5.74) is 1.88. The number of aromatic nitrogens is 1. The minimum absolute atomic E-state index is 0.0864. The molecule has 0 aromatic carbocycles. The lowest BCUT2D eigenvalue weighted by Gasteiger charge is -2.03. The van der Waals surface area contributed by atoms with E-state index in [1.807, 2.05) is 5.43 Å². The molecule has 1 heterocycles. The van der Waals surface area contributed by atoms with Crippen molar-refractivity contribution in [1.82, 2.24) is 4.98 Å². The molecular formula is C7H8N4O4. The molecule has 0 saturated heterocycles. The molecular weight excluding hydrogens is 204 g/mol. The van der Waals surface area contributed by atoms with Crippen LogP contribution in [0.25, 0.3) is 0 Å². The van der Waals surface area contributed by atoms with Gasteiger partial charge in [0.15, 0.2) is 5.03 Å². The first-order chi connectivity index (χ1) is 7.06. The third-order valence-electron chi connectivity index (χ3n) is 1.78. The summed E-state index contributed by atoms with van der Waals surface area (Å²) in [5, 5.41) is 20.0. The lowest BCUT2D eigenvalue weighted by atomic mass is 10.1. The fraction of sp³-hybridized carbons (Fsp3) is 0.286. The summed E-state index contributed by atoms with van der Waals surface area (Å²) in [7, 11) is 0. The number of nitrogens with zero attached hydrogens (tertiary/aromatic N) is 3. The van der Waals surface area contributed by atoms with Crippen LogP contribution in [-0.2, 0) is 6.42 Å². The molecule has 1 aromatic rings. The van der Waals surface area contributed by atoms with Gasteiger partial charge >= 0.3 is 0 Å².